The van der Waals surface area contributed by atoms with Crippen LogP contribution in [0, 0.1) is 17.0 Å². The zero-order valence-corrected chi connectivity index (χ0v) is 14.6. The van der Waals surface area contributed by atoms with Crippen molar-refractivity contribution in [2.24, 2.45) is 0 Å². The van der Waals surface area contributed by atoms with Crippen molar-refractivity contribution in [3.05, 3.63) is 50.8 Å². The highest BCUT2D eigenvalue weighted by Gasteiger charge is 2.21. The van der Waals surface area contributed by atoms with E-state index in [1.807, 2.05) is 13.0 Å². The standard InChI is InChI=1S/C17H22N6O3/c1-11-3-4-14(15(9-11)23(25)26)19-6-2-7-20-17(24)16-12-10-18-8-5-13(12)21-22-16/h3-4,9,18-19H,2,5-8,10H2,1H3,(H,20,24)(H,21,22). The van der Waals surface area contributed by atoms with Crippen LogP contribution in [0.2, 0.25) is 0 Å². The normalized spacial score (nSPS) is 13.1. The molecule has 0 atom stereocenters. The molecule has 0 saturated carbocycles. The molecule has 9 nitrogen and oxygen atoms in total. The Morgan fingerprint density at radius 2 is 2.23 bits per heavy atom. The maximum absolute atomic E-state index is 12.3. The quantitative estimate of drug-likeness (QED) is 0.338. The van der Waals surface area contributed by atoms with Gasteiger partial charge >= 0.3 is 0 Å². The van der Waals surface area contributed by atoms with Gasteiger partial charge in [-0.15, -0.1) is 0 Å². The zero-order chi connectivity index (χ0) is 18.5. The number of benzene rings is 1. The SMILES string of the molecule is Cc1ccc(NCCCNC(=O)c2n[nH]c3c2CNCC3)c([N+](=O)[O-])c1. The number of aromatic amines is 1. The molecule has 3 rings (SSSR count). The van der Waals surface area contributed by atoms with E-state index in [1.165, 1.54) is 0 Å². The lowest BCUT2D eigenvalue weighted by Gasteiger charge is -2.13. The number of fused-ring (bicyclic) bond motifs is 1. The lowest BCUT2D eigenvalue weighted by atomic mass is 10.1. The summed E-state index contributed by atoms with van der Waals surface area (Å²) in [4.78, 5) is 23.0. The summed E-state index contributed by atoms with van der Waals surface area (Å²) in [6.45, 7) is 4.32. The van der Waals surface area contributed by atoms with E-state index in [0.29, 0.717) is 37.4 Å². The Hall–Kier alpha value is -2.94. The van der Waals surface area contributed by atoms with E-state index in [9.17, 15) is 14.9 Å². The third-order valence-corrected chi connectivity index (χ3v) is 4.33. The summed E-state index contributed by atoms with van der Waals surface area (Å²) in [7, 11) is 0. The van der Waals surface area contributed by atoms with Gasteiger partial charge in [-0.3, -0.25) is 20.0 Å². The largest absolute Gasteiger partial charge is 0.379 e. The highest BCUT2D eigenvalue weighted by molar-refractivity contribution is 5.94. The molecule has 0 aliphatic carbocycles. The van der Waals surface area contributed by atoms with Gasteiger partial charge in [0.1, 0.15) is 5.69 Å². The first kappa shape index (κ1) is 17.9. The average Bonchev–Trinajstić information content (AvgIpc) is 3.06. The fourth-order valence-corrected chi connectivity index (χ4v) is 2.95. The number of amides is 1. The van der Waals surface area contributed by atoms with Crippen LogP contribution in [0.3, 0.4) is 0 Å². The summed E-state index contributed by atoms with van der Waals surface area (Å²) < 4.78 is 0. The minimum absolute atomic E-state index is 0.0599. The lowest BCUT2D eigenvalue weighted by molar-refractivity contribution is -0.384. The van der Waals surface area contributed by atoms with Crippen LogP contribution in [0.25, 0.3) is 0 Å². The number of nitro groups is 1. The molecule has 4 N–H and O–H groups in total. The summed E-state index contributed by atoms with van der Waals surface area (Å²) in [6, 6.07) is 5.07. The summed E-state index contributed by atoms with van der Waals surface area (Å²) in [6.07, 6.45) is 1.48. The Balaban J connectivity index is 1.47. The van der Waals surface area contributed by atoms with E-state index in [2.05, 4.69) is 26.1 Å². The van der Waals surface area contributed by atoms with Crippen LogP contribution < -0.4 is 16.0 Å². The van der Waals surface area contributed by atoms with E-state index in [4.69, 9.17) is 0 Å². The van der Waals surface area contributed by atoms with E-state index >= 15 is 0 Å². The fourth-order valence-electron chi connectivity index (χ4n) is 2.95. The monoisotopic (exact) mass is 358 g/mol. The van der Waals surface area contributed by atoms with E-state index in [-0.39, 0.29) is 11.6 Å². The molecular formula is C17H22N6O3. The van der Waals surface area contributed by atoms with Crippen molar-refractivity contribution in [2.45, 2.75) is 26.3 Å². The third-order valence-electron chi connectivity index (χ3n) is 4.33. The number of hydrogen-bond donors (Lipinski definition) is 4. The van der Waals surface area contributed by atoms with Crippen LogP contribution in [-0.2, 0) is 13.0 Å². The van der Waals surface area contributed by atoms with Crippen molar-refractivity contribution in [3.8, 4) is 0 Å². The van der Waals surface area contributed by atoms with Crippen molar-refractivity contribution in [2.75, 3.05) is 25.0 Å². The first-order chi connectivity index (χ1) is 12.6. The summed E-state index contributed by atoms with van der Waals surface area (Å²) in [5.74, 6) is -0.201. The number of H-pyrrole nitrogens is 1. The number of aryl methyl sites for hydroxylation is 1. The third kappa shape index (κ3) is 3.99. The van der Waals surface area contributed by atoms with Gasteiger partial charge < -0.3 is 16.0 Å². The molecule has 0 unspecified atom stereocenters. The smallest absolute Gasteiger partial charge is 0.292 e. The fraction of sp³-hybridized carbons (Fsp3) is 0.412. The van der Waals surface area contributed by atoms with Crippen molar-refractivity contribution in [3.63, 3.8) is 0 Å². The number of nitrogens with one attached hydrogen (secondary N) is 4. The van der Waals surface area contributed by atoms with Gasteiger partial charge in [0.2, 0.25) is 0 Å². The molecule has 1 aromatic carbocycles. The van der Waals surface area contributed by atoms with Gasteiger partial charge in [-0.1, -0.05) is 6.07 Å². The molecular weight excluding hydrogens is 336 g/mol. The second-order valence-electron chi connectivity index (χ2n) is 6.27. The van der Waals surface area contributed by atoms with Crippen molar-refractivity contribution >= 4 is 17.3 Å². The van der Waals surface area contributed by atoms with E-state index in [0.717, 1.165) is 29.8 Å². The highest BCUT2D eigenvalue weighted by Crippen LogP contribution is 2.25. The van der Waals surface area contributed by atoms with E-state index in [1.54, 1.807) is 12.1 Å². The Kier molecular flexibility index (Phi) is 5.47. The Morgan fingerprint density at radius 1 is 1.38 bits per heavy atom. The summed E-state index contributed by atoms with van der Waals surface area (Å²) in [5.41, 5.74) is 3.77. The van der Waals surface area contributed by atoms with Gasteiger partial charge in [-0.05, 0) is 25.0 Å². The van der Waals surface area contributed by atoms with E-state index < -0.39 is 4.92 Å². The lowest BCUT2D eigenvalue weighted by Crippen LogP contribution is -2.29. The number of anilines is 1. The number of aromatic nitrogens is 2. The Morgan fingerprint density at radius 3 is 3.04 bits per heavy atom. The molecule has 0 fully saturated rings. The number of hydrogen-bond acceptors (Lipinski definition) is 6. The molecule has 138 valence electrons. The van der Waals surface area contributed by atoms with Crippen LogP contribution in [0.5, 0.6) is 0 Å². The predicted molar refractivity (Wildman–Crippen MR) is 97.3 cm³/mol. The molecule has 0 spiro atoms. The van der Waals surface area contributed by atoms with Crippen molar-refractivity contribution < 1.29 is 9.72 Å². The van der Waals surface area contributed by atoms with Crippen LogP contribution in [0.1, 0.15) is 33.7 Å². The summed E-state index contributed by atoms with van der Waals surface area (Å²) >= 11 is 0. The van der Waals surface area contributed by atoms with Gasteiger partial charge in [0.15, 0.2) is 5.69 Å². The Labute approximate surface area is 150 Å². The van der Waals surface area contributed by atoms with Crippen molar-refractivity contribution in [1.82, 2.24) is 20.8 Å². The molecule has 0 radical (unpaired) electrons. The molecule has 26 heavy (non-hydrogen) atoms. The molecule has 1 aliphatic heterocycles. The number of rotatable bonds is 7. The van der Waals surface area contributed by atoms with Gasteiger partial charge in [0.05, 0.1) is 4.92 Å². The van der Waals surface area contributed by atoms with Crippen LogP contribution in [0.4, 0.5) is 11.4 Å². The zero-order valence-electron chi connectivity index (χ0n) is 14.6. The van der Waals surface area contributed by atoms with Gasteiger partial charge in [0.25, 0.3) is 11.6 Å². The maximum atomic E-state index is 12.3. The molecule has 0 saturated heterocycles. The second kappa shape index (κ2) is 7.96. The topological polar surface area (TPSA) is 125 Å². The van der Waals surface area contributed by atoms with Crippen LogP contribution >= 0.6 is 0 Å². The molecule has 0 bridgehead atoms. The molecule has 1 aliphatic rings. The second-order valence-corrected chi connectivity index (χ2v) is 6.27. The van der Waals surface area contributed by atoms with Gasteiger partial charge in [-0.25, -0.2) is 0 Å². The average molecular weight is 358 g/mol. The number of carbonyl (C=O) groups is 1. The number of nitrogens with zero attached hydrogens (tertiary/aromatic N) is 2. The summed E-state index contributed by atoms with van der Waals surface area (Å²) in [5, 5.41) is 27.3. The van der Waals surface area contributed by atoms with Gasteiger partial charge in [0, 0.05) is 49.9 Å². The van der Waals surface area contributed by atoms with Crippen molar-refractivity contribution in [1.29, 1.82) is 0 Å². The molecule has 2 heterocycles. The number of carbonyl (C=O) groups excluding carboxylic acids is 1. The first-order valence-corrected chi connectivity index (χ1v) is 8.60. The maximum Gasteiger partial charge on any atom is 0.292 e. The molecule has 2 aromatic rings. The Bertz CT molecular complexity index is 817. The van der Waals surface area contributed by atoms with Crippen LogP contribution in [0.15, 0.2) is 18.2 Å². The molecule has 1 amide bonds. The number of nitro benzene ring substituents is 1. The highest BCUT2D eigenvalue weighted by atomic mass is 16.6. The van der Waals surface area contributed by atoms with Crippen LogP contribution in [-0.4, -0.2) is 40.7 Å². The van der Waals surface area contributed by atoms with Gasteiger partial charge in [-0.2, -0.15) is 5.10 Å². The predicted octanol–water partition coefficient (Wildman–Crippen LogP) is 1.50. The minimum Gasteiger partial charge on any atom is -0.379 e. The molecule has 9 heteroatoms. The minimum atomic E-state index is -0.397. The first-order valence-electron chi connectivity index (χ1n) is 8.60. The molecule has 1 aromatic heterocycles.